The summed E-state index contributed by atoms with van der Waals surface area (Å²) in [5.74, 6) is 1.74. The Labute approximate surface area is 102 Å². The maximum absolute atomic E-state index is 4.53. The third-order valence-electron chi connectivity index (χ3n) is 3.31. The fourth-order valence-corrected chi connectivity index (χ4v) is 2.50. The van der Waals surface area contributed by atoms with E-state index >= 15 is 0 Å². The number of aromatic nitrogens is 2. The van der Waals surface area contributed by atoms with Crippen LogP contribution in [-0.2, 0) is 5.41 Å². The lowest BCUT2D eigenvalue weighted by atomic mass is 9.96. The fraction of sp³-hybridized carbons (Fsp3) is 0.833. The van der Waals surface area contributed by atoms with Gasteiger partial charge in [-0.3, -0.25) is 0 Å². The largest absolute Gasteiger partial charge is 0.360 e. The third-order valence-corrected chi connectivity index (χ3v) is 3.99. The minimum absolute atomic E-state index is 0.0509. The Kier molecular flexibility index (Phi) is 2.73. The molecule has 4 heteroatoms. The van der Waals surface area contributed by atoms with Crippen LogP contribution in [0.5, 0.6) is 0 Å². The zero-order valence-electron chi connectivity index (χ0n) is 10.8. The van der Waals surface area contributed by atoms with Crippen LogP contribution >= 0.6 is 11.5 Å². The lowest BCUT2D eigenvalue weighted by Crippen LogP contribution is -2.13. The Morgan fingerprint density at radius 1 is 1.44 bits per heavy atom. The fourth-order valence-electron chi connectivity index (χ4n) is 1.74. The Morgan fingerprint density at radius 2 is 2.06 bits per heavy atom. The highest BCUT2D eigenvalue weighted by atomic mass is 32.1. The number of rotatable bonds is 3. The van der Waals surface area contributed by atoms with E-state index in [-0.39, 0.29) is 5.41 Å². The van der Waals surface area contributed by atoms with Gasteiger partial charge in [-0.2, -0.15) is 4.37 Å². The van der Waals surface area contributed by atoms with Crippen LogP contribution in [0.1, 0.15) is 46.9 Å². The van der Waals surface area contributed by atoms with E-state index in [2.05, 4.69) is 49.3 Å². The first-order chi connectivity index (χ1) is 7.29. The minimum atomic E-state index is 0.0509. The van der Waals surface area contributed by atoms with E-state index in [1.54, 1.807) is 0 Å². The van der Waals surface area contributed by atoms with Gasteiger partial charge in [0.05, 0.1) is 0 Å². The predicted molar refractivity (Wildman–Crippen MR) is 69.0 cm³/mol. The Hall–Kier alpha value is -0.640. The molecule has 1 N–H and O–H groups in total. The molecule has 16 heavy (non-hydrogen) atoms. The Bertz CT molecular complexity index is 376. The van der Waals surface area contributed by atoms with Gasteiger partial charge >= 0.3 is 0 Å². The Balaban J connectivity index is 1.89. The molecule has 90 valence electrons. The smallest absolute Gasteiger partial charge is 0.202 e. The van der Waals surface area contributed by atoms with Crippen molar-refractivity contribution in [2.24, 2.45) is 11.3 Å². The monoisotopic (exact) mass is 239 g/mol. The normalized spacial score (nSPS) is 23.2. The third kappa shape index (κ3) is 2.54. The summed E-state index contributed by atoms with van der Waals surface area (Å²) in [6, 6.07) is 0. The molecule has 1 aliphatic rings. The predicted octanol–water partition coefficient (Wildman–Crippen LogP) is 3.29. The van der Waals surface area contributed by atoms with Crippen LogP contribution < -0.4 is 5.32 Å². The van der Waals surface area contributed by atoms with E-state index in [4.69, 9.17) is 0 Å². The van der Waals surface area contributed by atoms with Crippen molar-refractivity contribution in [3.63, 3.8) is 0 Å². The van der Waals surface area contributed by atoms with E-state index in [0.29, 0.717) is 5.41 Å². The highest BCUT2D eigenvalue weighted by molar-refractivity contribution is 7.09. The summed E-state index contributed by atoms with van der Waals surface area (Å²) in [5.41, 5.74) is 0.583. The number of hydrogen-bond acceptors (Lipinski definition) is 4. The lowest BCUT2D eigenvalue weighted by molar-refractivity contribution is 0.554. The molecule has 0 radical (unpaired) electrons. The molecule has 1 atom stereocenters. The molecule has 3 nitrogen and oxygen atoms in total. The summed E-state index contributed by atoms with van der Waals surface area (Å²) in [6.07, 6.45) is 1.32. The van der Waals surface area contributed by atoms with Gasteiger partial charge in [-0.05, 0) is 17.8 Å². The Morgan fingerprint density at radius 3 is 2.50 bits per heavy atom. The molecule has 1 aromatic heterocycles. The van der Waals surface area contributed by atoms with Crippen molar-refractivity contribution < 1.29 is 0 Å². The van der Waals surface area contributed by atoms with E-state index in [0.717, 1.165) is 23.4 Å². The summed E-state index contributed by atoms with van der Waals surface area (Å²) in [6.45, 7) is 12.1. The van der Waals surface area contributed by atoms with Crippen molar-refractivity contribution in [1.29, 1.82) is 0 Å². The average molecular weight is 239 g/mol. The lowest BCUT2D eigenvalue weighted by Gasteiger charge is -2.12. The molecule has 1 unspecified atom stereocenters. The van der Waals surface area contributed by atoms with E-state index in [1.165, 1.54) is 18.0 Å². The van der Waals surface area contributed by atoms with Crippen LogP contribution in [0.25, 0.3) is 0 Å². The average Bonchev–Trinajstić information content (AvgIpc) is 2.63. The van der Waals surface area contributed by atoms with Gasteiger partial charge in [-0.1, -0.05) is 34.6 Å². The molecule has 0 spiro atoms. The molecule has 1 aliphatic carbocycles. The van der Waals surface area contributed by atoms with Crippen molar-refractivity contribution in [2.75, 3.05) is 11.9 Å². The van der Waals surface area contributed by atoms with Crippen LogP contribution in [-0.4, -0.2) is 15.9 Å². The van der Waals surface area contributed by atoms with Crippen LogP contribution in [0.3, 0.4) is 0 Å². The molecule has 0 saturated heterocycles. The van der Waals surface area contributed by atoms with E-state index in [9.17, 15) is 0 Å². The molecule has 0 amide bonds. The maximum Gasteiger partial charge on any atom is 0.202 e. The van der Waals surface area contributed by atoms with Gasteiger partial charge in [-0.25, -0.2) is 4.98 Å². The van der Waals surface area contributed by atoms with Gasteiger partial charge < -0.3 is 5.32 Å². The molecule has 1 heterocycles. The summed E-state index contributed by atoms with van der Waals surface area (Å²) >= 11 is 1.47. The van der Waals surface area contributed by atoms with Gasteiger partial charge in [0.1, 0.15) is 5.82 Å². The van der Waals surface area contributed by atoms with E-state index < -0.39 is 0 Å². The first-order valence-electron chi connectivity index (χ1n) is 5.87. The summed E-state index contributed by atoms with van der Waals surface area (Å²) < 4.78 is 4.39. The molecule has 0 aromatic carbocycles. The molecule has 1 fully saturated rings. The van der Waals surface area contributed by atoms with Crippen LogP contribution in [0, 0.1) is 11.3 Å². The molecular formula is C12H21N3S. The molecule has 0 aliphatic heterocycles. The van der Waals surface area contributed by atoms with E-state index in [1.807, 2.05) is 0 Å². The minimum Gasteiger partial charge on any atom is -0.360 e. The van der Waals surface area contributed by atoms with Gasteiger partial charge in [0.2, 0.25) is 5.13 Å². The number of nitrogens with one attached hydrogen (secondary N) is 1. The summed E-state index contributed by atoms with van der Waals surface area (Å²) in [4.78, 5) is 4.53. The number of anilines is 1. The van der Waals surface area contributed by atoms with Crippen molar-refractivity contribution in [2.45, 2.75) is 46.5 Å². The highest BCUT2D eigenvalue weighted by Crippen LogP contribution is 2.51. The van der Waals surface area contributed by atoms with Crippen molar-refractivity contribution >= 4 is 16.7 Å². The molecular weight excluding hydrogens is 218 g/mol. The van der Waals surface area contributed by atoms with Crippen LogP contribution in [0.4, 0.5) is 5.13 Å². The molecule has 1 saturated carbocycles. The zero-order valence-corrected chi connectivity index (χ0v) is 11.6. The van der Waals surface area contributed by atoms with Crippen molar-refractivity contribution in [3.05, 3.63) is 5.82 Å². The van der Waals surface area contributed by atoms with Crippen molar-refractivity contribution in [1.82, 2.24) is 9.36 Å². The zero-order chi connectivity index (χ0) is 12.0. The maximum atomic E-state index is 4.53. The molecule has 2 rings (SSSR count). The number of nitrogens with zero attached hydrogens (tertiary/aromatic N) is 2. The second-order valence-electron chi connectivity index (χ2n) is 6.44. The first-order valence-corrected chi connectivity index (χ1v) is 6.64. The number of hydrogen-bond donors (Lipinski definition) is 1. The quantitative estimate of drug-likeness (QED) is 0.879. The molecule has 0 bridgehead atoms. The van der Waals surface area contributed by atoms with Crippen molar-refractivity contribution in [3.8, 4) is 0 Å². The second-order valence-corrected chi connectivity index (χ2v) is 7.20. The highest BCUT2D eigenvalue weighted by Gasteiger charge is 2.45. The van der Waals surface area contributed by atoms with Crippen LogP contribution in [0.15, 0.2) is 0 Å². The summed E-state index contributed by atoms with van der Waals surface area (Å²) in [7, 11) is 0. The second kappa shape index (κ2) is 3.69. The standard InChI is InChI=1S/C12H21N3S/c1-11(2,3)9-14-10(16-15-9)13-7-8-6-12(8,4)5/h8H,6-7H2,1-5H3,(H,13,14,15). The van der Waals surface area contributed by atoms with Gasteiger partial charge in [0, 0.05) is 23.5 Å². The SMILES string of the molecule is CC(C)(C)c1nsc(NCC2CC2(C)C)n1. The summed E-state index contributed by atoms with van der Waals surface area (Å²) in [5, 5.41) is 4.36. The van der Waals surface area contributed by atoms with Crippen LogP contribution in [0.2, 0.25) is 0 Å². The van der Waals surface area contributed by atoms with Gasteiger partial charge in [-0.15, -0.1) is 0 Å². The topological polar surface area (TPSA) is 37.8 Å². The molecule has 1 aromatic rings. The van der Waals surface area contributed by atoms with Gasteiger partial charge in [0.25, 0.3) is 0 Å². The first kappa shape index (κ1) is 11.8. The van der Waals surface area contributed by atoms with Gasteiger partial charge in [0.15, 0.2) is 0 Å².